The first kappa shape index (κ1) is 10.7. The molecule has 1 rings (SSSR count). The average Bonchev–Trinajstić information content (AvgIpc) is 2.06. The molecular formula is C8H9F3N2O. The van der Waals surface area contributed by atoms with Crippen molar-refractivity contribution in [1.29, 1.82) is 0 Å². The van der Waals surface area contributed by atoms with Gasteiger partial charge in [-0.05, 0) is 13.8 Å². The fraction of sp³-hybridized carbons (Fsp3) is 0.500. The van der Waals surface area contributed by atoms with Gasteiger partial charge in [0.25, 0.3) is 0 Å². The van der Waals surface area contributed by atoms with E-state index in [0.29, 0.717) is 11.4 Å². The number of ether oxygens (including phenoxy) is 1. The lowest BCUT2D eigenvalue weighted by atomic mass is 10.4. The van der Waals surface area contributed by atoms with Crippen molar-refractivity contribution in [3.63, 3.8) is 0 Å². The van der Waals surface area contributed by atoms with Gasteiger partial charge in [-0.3, -0.25) is 4.98 Å². The number of alkyl halides is 3. The highest BCUT2D eigenvalue weighted by Gasteiger charge is 2.28. The van der Waals surface area contributed by atoms with Crippen molar-refractivity contribution in [1.82, 2.24) is 9.97 Å². The molecule has 0 saturated carbocycles. The Balaban J connectivity index is 2.65. The number of aromatic nitrogens is 2. The molecule has 14 heavy (non-hydrogen) atoms. The van der Waals surface area contributed by atoms with E-state index in [1.165, 1.54) is 6.20 Å². The summed E-state index contributed by atoms with van der Waals surface area (Å²) >= 11 is 0. The quantitative estimate of drug-likeness (QED) is 0.742. The zero-order valence-corrected chi connectivity index (χ0v) is 7.72. The van der Waals surface area contributed by atoms with E-state index < -0.39 is 12.8 Å². The third kappa shape index (κ3) is 3.20. The van der Waals surface area contributed by atoms with Crippen LogP contribution >= 0.6 is 0 Å². The molecule has 1 aromatic rings. The summed E-state index contributed by atoms with van der Waals surface area (Å²) in [5, 5.41) is 0. The number of rotatable bonds is 2. The monoisotopic (exact) mass is 206 g/mol. The maximum absolute atomic E-state index is 11.7. The van der Waals surface area contributed by atoms with Gasteiger partial charge in [0.05, 0.1) is 17.6 Å². The number of hydrogen-bond acceptors (Lipinski definition) is 3. The Kier molecular flexibility index (Phi) is 2.93. The highest BCUT2D eigenvalue weighted by molar-refractivity contribution is 5.14. The van der Waals surface area contributed by atoms with Crippen LogP contribution in [0.15, 0.2) is 6.20 Å². The standard InChI is InChI=1S/C8H9F3N2O/c1-5-6(2)13-7(3-12-5)14-4-8(9,10)11/h3H,4H2,1-2H3. The zero-order chi connectivity index (χ0) is 10.8. The topological polar surface area (TPSA) is 35.0 Å². The lowest BCUT2D eigenvalue weighted by Crippen LogP contribution is -2.19. The van der Waals surface area contributed by atoms with Crippen LogP contribution in [-0.2, 0) is 0 Å². The second-order valence-electron chi connectivity index (χ2n) is 2.78. The third-order valence-corrected chi connectivity index (χ3v) is 1.55. The molecule has 1 aromatic heterocycles. The van der Waals surface area contributed by atoms with Gasteiger partial charge in [-0.25, -0.2) is 4.98 Å². The van der Waals surface area contributed by atoms with Gasteiger partial charge in [0.15, 0.2) is 6.61 Å². The third-order valence-electron chi connectivity index (χ3n) is 1.55. The fourth-order valence-electron chi connectivity index (χ4n) is 0.746. The van der Waals surface area contributed by atoms with Crippen LogP contribution in [0.25, 0.3) is 0 Å². The van der Waals surface area contributed by atoms with Gasteiger partial charge in [-0.2, -0.15) is 13.2 Å². The Hall–Kier alpha value is -1.33. The van der Waals surface area contributed by atoms with Gasteiger partial charge < -0.3 is 4.74 Å². The first-order chi connectivity index (χ1) is 6.38. The molecule has 0 radical (unpaired) electrons. The van der Waals surface area contributed by atoms with Crippen LogP contribution in [0.5, 0.6) is 5.88 Å². The molecule has 0 amide bonds. The van der Waals surface area contributed by atoms with E-state index in [0.717, 1.165) is 0 Å². The molecule has 0 unspecified atom stereocenters. The fourth-order valence-corrected chi connectivity index (χ4v) is 0.746. The molecule has 78 valence electrons. The SMILES string of the molecule is Cc1ncc(OCC(F)(F)F)nc1C. The van der Waals surface area contributed by atoms with Crippen LogP contribution in [-0.4, -0.2) is 22.8 Å². The summed E-state index contributed by atoms with van der Waals surface area (Å²) in [6.45, 7) is 2.03. The van der Waals surface area contributed by atoms with E-state index in [1.54, 1.807) is 13.8 Å². The van der Waals surface area contributed by atoms with Crippen molar-refractivity contribution < 1.29 is 17.9 Å². The normalized spacial score (nSPS) is 11.5. The van der Waals surface area contributed by atoms with Crippen molar-refractivity contribution >= 4 is 0 Å². The molecule has 0 fully saturated rings. The summed E-state index contributed by atoms with van der Waals surface area (Å²) in [6.07, 6.45) is -3.17. The zero-order valence-electron chi connectivity index (χ0n) is 7.72. The Morgan fingerprint density at radius 3 is 2.43 bits per heavy atom. The van der Waals surface area contributed by atoms with Crippen molar-refractivity contribution in [3.05, 3.63) is 17.6 Å². The van der Waals surface area contributed by atoms with Crippen molar-refractivity contribution in [2.24, 2.45) is 0 Å². The smallest absolute Gasteiger partial charge is 0.422 e. The van der Waals surface area contributed by atoms with Crippen LogP contribution < -0.4 is 4.74 Å². The minimum Gasteiger partial charge on any atom is -0.467 e. The van der Waals surface area contributed by atoms with Crippen molar-refractivity contribution in [3.8, 4) is 5.88 Å². The maximum Gasteiger partial charge on any atom is 0.422 e. The number of aryl methyl sites for hydroxylation is 2. The molecule has 3 nitrogen and oxygen atoms in total. The minimum absolute atomic E-state index is 0.106. The first-order valence-electron chi connectivity index (χ1n) is 3.88. The molecule has 0 aromatic carbocycles. The molecule has 0 spiro atoms. The summed E-state index contributed by atoms with van der Waals surface area (Å²) in [7, 11) is 0. The molecule has 0 saturated heterocycles. The summed E-state index contributed by atoms with van der Waals surface area (Å²) < 4.78 is 39.7. The Morgan fingerprint density at radius 2 is 1.93 bits per heavy atom. The van der Waals surface area contributed by atoms with Crippen molar-refractivity contribution in [2.75, 3.05) is 6.61 Å². The van der Waals surface area contributed by atoms with Gasteiger partial charge >= 0.3 is 6.18 Å². The van der Waals surface area contributed by atoms with Gasteiger partial charge in [-0.1, -0.05) is 0 Å². The molecule has 0 atom stereocenters. The van der Waals surface area contributed by atoms with E-state index in [1.807, 2.05) is 0 Å². The molecule has 0 N–H and O–H groups in total. The lowest BCUT2D eigenvalue weighted by Gasteiger charge is -2.08. The van der Waals surface area contributed by atoms with Gasteiger partial charge in [0.2, 0.25) is 5.88 Å². The summed E-state index contributed by atoms with van der Waals surface area (Å²) in [4.78, 5) is 7.62. The molecular weight excluding hydrogens is 197 g/mol. The van der Waals surface area contributed by atoms with Gasteiger partial charge in [-0.15, -0.1) is 0 Å². The first-order valence-corrected chi connectivity index (χ1v) is 3.88. The number of nitrogens with zero attached hydrogens (tertiary/aromatic N) is 2. The van der Waals surface area contributed by atoms with E-state index in [9.17, 15) is 13.2 Å². The van der Waals surface area contributed by atoms with Crippen LogP contribution in [0, 0.1) is 13.8 Å². The predicted molar refractivity (Wildman–Crippen MR) is 43.1 cm³/mol. The minimum atomic E-state index is -4.35. The lowest BCUT2D eigenvalue weighted by molar-refractivity contribution is -0.154. The highest BCUT2D eigenvalue weighted by atomic mass is 19.4. The average molecular weight is 206 g/mol. The second-order valence-corrected chi connectivity index (χ2v) is 2.78. The summed E-state index contributed by atoms with van der Waals surface area (Å²) in [5.74, 6) is -0.106. The molecule has 0 aliphatic rings. The maximum atomic E-state index is 11.7. The molecule has 1 heterocycles. The molecule has 0 aliphatic carbocycles. The van der Waals surface area contributed by atoms with E-state index in [4.69, 9.17) is 0 Å². The van der Waals surface area contributed by atoms with Crippen LogP contribution in [0.3, 0.4) is 0 Å². The van der Waals surface area contributed by atoms with E-state index in [2.05, 4.69) is 14.7 Å². The highest BCUT2D eigenvalue weighted by Crippen LogP contribution is 2.16. The summed E-state index contributed by atoms with van der Waals surface area (Å²) in [5.41, 5.74) is 1.23. The second kappa shape index (κ2) is 3.81. The van der Waals surface area contributed by atoms with Gasteiger partial charge in [0.1, 0.15) is 0 Å². The van der Waals surface area contributed by atoms with Crippen LogP contribution in [0.1, 0.15) is 11.4 Å². The Morgan fingerprint density at radius 1 is 1.29 bits per heavy atom. The molecule has 0 bridgehead atoms. The van der Waals surface area contributed by atoms with Gasteiger partial charge in [0, 0.05) is 0 Å². The Bertz CT molecular complexity index is 325. The van der Waals surface area contributed by atoms with E-state index >= 15 is 0 Å². The van der Waals surface area contributed by atoms with Crippen LogP contribution in [0.4, 0.5) is 13.2 Å². The largest absolute Gasteiger partial charge is 0.467 e. The molecule has 6 heteroatoms. The van der Waals surface area contributed by atoms with Crippen LogP contribution in [0.2, 0.25) is 0 Å². The van der Waals surface area contributed by atoms with Crippen molar-refractivity contribution in [2.45, 2.75) is 20.0 Å². The van der Waals surface area contributed by atoms with E-state index in [-0.39, 0.29) is 5.88 Å². The summed E-state index contributed by atoms with van der Waals surface area (Å²) in [6, 6.07) is 0. The predicted octanol–water partition coefficient (Wildman–Crippen LogP) is 2.03. The number of halogens is 3. The molecule has 0 aliphatic heterocycles. The Labute approximate surface area is 78.9 Å². The number of hydrogen-bond donors (Lipinski definition) is 0.